The van der Waals surface area contributed by atoms with Gasteiger partial charge in [0.1, 0.15) is 5.75 Å². The van der Waals surface area contributed by atoms with Gasteiger partial charge in [-0.25, -0.2) is 0 Å². The minimum absolute atomic E-state index is 0.207. The summed E-state index contributed by atoms with van der Waals surface area (Å²) in [6.45, 7) is -0.430. The van der Waals surface area contributed by atoms with Crippen molar-refractivity contribution in [3.63, 3.8) is 0 Å². The van der Waals surface area contributed by atoms with Crippen molar-refractivity contribution < 1.29 is 23.4 Å². The first-order valence-electron chi connectivity index (χ1n) is 3.95. The van der Waals surface area contributed by atoms with Crippen LogP contribution in [0.3, 0.4) is 0 Å². The van der Waals surface area contributed by atoms with Crippen LogP contribution in [0.4, 0.5) is 13.2 Å². The highest BCUT2D eigenvalue weighted by atomic mass is 19.4. The molecule has 0 atom stereocenters. The summed E-state index contributed by atoms with van der Waals surface area (Å²) in [6.07, 6.45) is -4.70. The van der Waals surface area contributed by atoms with Gasteiger partial charge in [-0.15, -0.1) is 0 Å². The summed E-state index contributed by atoms with van der Waals surface area (Å²) in [5.74, 6) is -0.436. The molecular formula is C9H9F3O2. The molecule has 1 aromatic carbocycles. The molecule has 0 saturated heterocycles. The second-order valence-corrected chi connectivity index (χ2v) is 2.77. The average molecular weight is 206 g/mol. The highest BCUT2D eigenvalue weighted by Crippen LogP contribution is 2.35. The molecular weight excluding hydrogens is 197 g/mol. The zero-order valence-corrected chi connectivity index (χ0v) is 7.17. The van der Waals surface area contributed by atoms with Crippen molar-refractivity contribution in [2.24, 2.45) is 0 Å². The molecule has 5 heteroatoms. The van der Waals surface area contributed by atoms with Gasteiger partial charge in [0.15, 0.2) is 0 Å². The number of aliphatic hydroxyl groups is 1. The molecule has 0 amide bonds. The summed E-state index contributed by atoms with van der Waals surface area (Å²) < 4.78 is 37.1. The number of phenolic OH excluding ortho intramolecular Hbond substituents is 1. The highest BCUT2D eigenvalue weighted by molar-refractivity contribution is 5.40. The Morgan fingerprint density at radius 2 is 1.86 bits per heavy atom. The summed E-state index contributed by atoms with van der Waals surface area (Å²) in [4.78, 5) is 0. The molecule has 1 aromatic rings. The van der Waals surface area contributed by atoms with E-state index in [2.05, 4.69) is 0 Å². The molecule has 0 aromatic heterocycles. The third-order valence-electron chi connectivity index (χ3n) is 1.82. The van der Waals surface area contributed by atoms with Gasteiger partial charge in [0.2, 0.25) is 0 Å². The summed E-state index contributed by atoms with van der Waals surface area (Å²) in [7, 11) is 0. The van der Waals surface area contributed by atoms with Crippen molar-refractivity contribution in [1.29, 1.82) is 0 Å². The number of benzene rings is 1. The maximum absolute atomic E-state index is 12.4. The van der Waals surface area contributed by atoms with Crippen molar-refractivity contribution >= 4 is 0 Å². The fourth-order valence-corrected chi connectivity index (χ4v) is 1.21. The maximum Gasteiger partial charge on any atom is 0.416 e. The van der Waals surface area contributed by atoms with Crippen LogP contribution < -0.4 is 0 Å². The Morgan fingerprint density at radius 3 is 2.36 bits per heavy atom. The quantitative estimate of drug-likeness (QED) is 0.776. The second kappa shape index (κ2) is 3.88. The molecule has 0 unspecified atom stereocenters. The van der Waals surface area contributed by atoms with Gasteiger partial charge in [-0.3, -0.25) is 0 Å². The standard InChI is InChI=1S/C9H9F3O2/c10-9(11,12)7-2-1-3-8(14)6(7)4-5-13/h1-3,13-14H,4-5H2. The van der Waals surface area contributed by atoms with E-state index in [-0.39, 0.29) is 12.0 Å². The molecule has 0 aliphatic carbocycles. The van der Waals surface area contributed by atoms with Gasteiger partial charge in [0.25, 0.3) is 0 Å². The molecule has 0 aliphatic rings. The van der Waals surface area contributed by atoms with Gasteiger partial charge in [0.05, 0.1) is 5.56 Å². The van der Waals surface area contributed by atoms with E-state index in [9.17, 15) is 18.3 Å². The summed E-state index contributed by atoms with van der Waals surface area (Å²) >= 11 is 0. The fourth-order valence-electron chi connectivity index (χ4n) is 1.21. The fraction of sp³-hybridized carbons (Fsp3) is 0.333. The minimum Gasteiger partial charge on any atom is -0.508 e. The van der Waals surface area contributed by atoms with Crippen LogP contribution in [0.1, 0.15) is 11.1 Å². The van der Waals surface area contributed by atoms with E-state index in [0.717, 1.165) is 12.1 Å². The lowest BCUT2D eigenvalue weighted by Crippen LogP contribution is -2.10. The zero-order chi connectivity index (χ0) is 10.8. The lowest BCUT2D eigenvalue weighted by atomic mass is 10.0. The largest absolute Gasteiger partial charge is 0.508 e. The number of rotatable bonds is 2. The molecule has 0 spiro atoms. The van der Waals surface area contributed by atoms with Gasteiger partial charge >= 0.3 is 6.18 Å². The monoisotopic (exact) mass is 206 g/mol. The molecule has 0 heterocycles. The SMILES string of the molecule is OCCc1c(O)cccc1C(F)(F)F. The van der Waals surface area contributed by atoms with Crippen LogP contribution in [0, 0.1) is 0 Å². The molecule has 0 saturated carbocycles. The Morgan fingerprint density at radius 1 is 1.21 bits per heavy atom. The normalized spacial score (nSPS) is 11.7. The van der Waals surface area contributed by atoms with Crippen LogP contribution in [-0.2, 0) is 12.6 Å². The van der Waals surface area contributed by atoms with Crippen LogP contribution >= 0.6 is 0 Å². The van der Waals surface area contributed by atoms with Crippen LogP contribution in [-0.4, -0.2) is 16.8 Å². The topological polar surface area (TPSA) is 40.5 Å². The highest BCUT2D eigenvalue weighted by Gasteiger charge is 2.33. The Balaban J connectivity index is 3.21. The predicted octanol–water partition coefficient (Wildman–Crippen LogP) is 1.95. The van der Waals surface area contributed by atoms with Gasteiger partial charge in [-0.05, 0) is 18.6 Å². The number of phenols is 1. The van der Waals surface area contributed by atoms with E-state index in [0.29, 0.717) is 0 Å². The third kappa shape index (κ3) is 2.17. The van der Waals surface area contributed by atoms with E-state index in [1.807, 2.05) is 0 Å². The summed E-state index contributed by atoms with van der Waals surface area (Å²) in [5.41, 5.74) is -1.16. The van der Waals surface area contributed by atoms with Crippen LogP contribution in [0.25, 0.3) is 0 Å². The molecule has 0 radical (unpaired) electrons. The van der Waals surface area contributed by atoms with Crippen LogP contribution in [0.2, 0.25) is 0 Å². The van der Waals surface area contributed by atoms with Crippen molar-refractivity contribution in [3.8, 4) is 5.75 Å². The molecule has 1 rings (SSSR count). The second-order valence-electron chi connectivity index (χ2n) is 2.77. The summed E-state index contributed by atoms with van der Waals surface area (Å²) in [5, 5.41) is 17.7. The lowest BCUT2D eigenvalue weighted by molar-refractivity contribution is -0.138. The van der Waals surface area contributed by atoms with Crippen LogP contribution in [0.5, 0.6) is 5.75 Å². The molecule has 0 aliphatic heterocycles. The molecule has 2 nitrogen and oxygen atoms in total. The summed E-state index contributed by atoms with van der Waals surface area (Å²) in [6, 6.07) is 3.17. The maximum atomic E-state index is 12.4. The van der Waals surface area contributed by atoms with E-state index in [1.165, 1.54) is 6.07 Å². The molecule has 0 bridgehead atoms. The number of hydrogen-bond acceptors (Lipinski definition) is 2. The van der Waals surface area contributed by atoms with Gasteiger partial charge in [-0.2, -0.15) is 13.2 Å². The smallest absolute Gasteiger partial charge is 0.416 e. The Labute approximate surface area is 78.6 Å². The van der Waals surface area contributed by atoms with Gasteiger partial charge in [0, 0.05) is 12.2 Å². The van der Waals surface area contributed by atoms with E-state index in [4.69, 9.17) is 5.11 Å². The van der Waals surface area contributed by atoms with Gasteiger partial charge in [-0.1, -0.05) is 6.07 Å². The molecule has 78 valence electrons. The molecule has 14 heavy (non-hydrogen) atoms. The predicted molar refractivity (Wildman–Crippen MR) is 43.9 cm³/mol. The number of hydrogen-bond donors (Lipinski definition) is 2. The van der Waals surface area contributed by atoms with Crippen molar-refractivity contribution in [2.75, 3.05) is 6.61 Å². The number of aliphatic hydroxyl groups excluding tert-OH is 1. The Kier molecular flexibility index (Phi) is 3.00. The first-order valence-corrected chi connectivity index (χ1v) is 3.95. The van der Waals surface area contributed by atoms with E-state index in [1.54, 1.807) is 0 Å². The van der Waals surface area contributed by atoms with Crippen molar-refractivity contribution in [3.05, 3.63) is 29.3 Å². The number of alkyl halides is 3. The number of halogens is 3. The Bertz CT molecular complexity index is 320. The first kappa shape index (κ1) is 10.8. The molecule has 2 N–H and O–H groups in total. The zero-order valence-electron chi connectivity index (χ0n) is 7.17. The average Bonchev–Trinajstić information content (AvgIpc) is 2.07. The lowest BCUT2D eigenvalue weighted by Gasteiger charge is -2.12. The van der Waals surface area contributed by atoms with E-state index >= 15 is 0 Å². The molecule has 0 fully saturated rings. The van der Waals surface area contributed by atoms with Crippen molar-refractivity contribution in [1.82, 2.24) is 0 Å². The van der Waals surface area contributed by atoms with Crippen molar-refractivity contribution in [2.45, 2.75) is 12.6 Å². The van der Waals surface area contributed by atoms with Crippen LogP contribution in [0.15, 0.2) is 18.2 Å². The van der Waals surface area contributed by atoms with Gasteiger partial charge < -0.3 is 10.2 Å². The number of aromatic hydroxyl groups is 1. The minimum atomic E-state index is -4.50. The Hall–Kier alpha value is -1.23. The first-order chi connectivity index (χ1) is 6.46. The third-order valence-corrected chi connectivity index (χ3v) is 1.82. The van der Waals surface area contributed by atoms with E-state index < -0.39 is 24.1 Å².